The lowest BCUT2D eigenvalue weighted by molar-refractivity contribution is 0.102. The van der Waals surface area contributed by atoms with Crippen LogP contribution in [0.1, 0.15) is 28.8 Å². The normalized spacial score (nSPS) is 18.1. The minimum Gasteiger partial charge on any atom is -0.463 e. The fourth-order valence-corrected chi connectivity index (χ4v) is 6.02. The Hall–Kier alpha value is -3.05. The number of imidazole rings is 1. The molecule has 0 radical (unpaired) electrons. The van der Waals surface area contributed by atoms with Crippen molar-refractivity contribution in [1.82, 2.24) is 19.5 Å². The van der Waals surface area contributed by atoms with Crippen molar-refractivity contribution >= 4 is 43.2 Å². The quantitative estimate of drug-likeness (QED) is 0.515. The standard InChI is InChI=1S/C19H17N5O4S2/c1-11-21-16-14(24(11)12-4-8-30(26,27)10-12)9-13(15-3-2-6-28-15)22-17(16)18(25)23-19-20-5-7-29-19/h2-3,5-7,9,12H,4,8,10H2,1H3,(H,20,23,25). The molecule has 0 aromatic carbocycles. The van der Waals surface area contributed by atoms with Crippen molar-refractivity contribution in [2.24, 2.45) is 0 Å². The van der Waals surface area contributed by atoms with E-state index < -0.39 is 15.7 Å². The van der Waals surface area contributed by atoms with E-state index in [1.54, 1.807) is 36.7 Å². The van der Waals surface area contributed by atoms with Crippen molar-refractivity contribution in [3.8, 4) is 11.5 Å². The molecular formula is C19H17N5O4S2. The van der Waals surface area contributed by atoms with Crippen LogP contribution in [0, 0.1) is 6.92 Å². The highest BCUT2D eigenvalue weighted by Gasteiger charge is 2.32. The number of hydrogen-bond acceptors (Lipinski definition) is 8. The number of aromatic nitrogens is 4. The maximum Gasteiger partial charge on any atom is 0.278 e. The number of nitrogens with zero attached hydrogens (tertiary/aromatic N) is 4. The largest absolute Gasteiger partial charge is 0.463 e. The second-order valence-corrected chi connectivity index (χ2v) is 10.2. The van der Waals surface area contributed by atoms with Gasteiger partial charge in [0.15, 0.2) is 26.4 Å². The molecule has 1 saturated heterocycles. The van der Waals surface area contributed by atoms with Gasteiger partial charge in [-0.15, -0.1) is 11.3 Å². The Balaban J connectivity index is 1.69. The van der Waals surface area contributed by atoms with Crippen molar-refractivity contribution in [3.05, 3.63) is 47.6 Å². The summed E-state index contributed by atoms with van der Waals surface area (Å²) >= 11 is 1.30. The van der Waals surface area contributed by atoms with Crippen LogP contribution in [0.2, 0.25) is 0 Å². The van der Waals surface area contributed by atoms with E-state index in [1.165, 1.54) is 17.6 Å². The number of pyridine rings is 1. The summed E-state index contributed by atoms with van der Waals surface area (Å²) in [7, 11) is -3.09. The molecule has 4 aromatic heterocycles. The number of furan rings is 1. The first kappa shape index (κ1) is 18.9. The van der Waals surface area contributed by atoms with E-state index in [0.29, 0.717) is 39.9 Å². The van der Waals surface area contributed by atoms with E-state index in [4.69, 9.17) is 4.42 Å². The number of anilines is 1. The topological polar surface area (TPSA) is 120 Å². The van der Waals surface area contributed by atoms with Gasteiger partial charge in [-0.3, -0.25) is 10.1 Å². The number of amides is 1. The van der Waals surface area contributed by atoms with Gasteiger partial charge >= 0.3 is 0 Å². The van der Waals surface area contributed by atoms with Crippen molar-refractivity contribution in [3.63, 3.8) is 0 Å². The minimum atomic E-state index is -3.09. The van der Waals surface area contributed by atoms with E-state index in [9.17, 15) is 13.2 Å². The van der Waals surface area contributed by atoms with Gasteiger partial charge in [-0.1, -0.05) is 0 Å². The van der Waals surface area contributed by atoms with Crippen molar-refractivity contribution in [1.29, 1.82) is 0 Å². The molecule has 30 heavy (non-hydrogen) atoms. The van der Waals surface area contributed by atoms with Gasteiger partial charge < -0.3 is 8.98 Å². The average Bonchev–Trinajstić information content (AvgIpc) is 3.47. The van der Waals surface area contributed by atoms with Crippen LogP contribution in [0.25, 0.3) is 22.5 Å². The van der Waals surface area contributed by atoms with Gasteiger partial charge in [-0.2, -0.15) is 0 Å². The molecule has 1 amide bonds. The van der Waals surface area contributed by atoms with Crippen molar-refractivity contribution < 1.29 is 17.6 Å². The first-order chi connectivity index (χ1) is 14.4. The van der Waals surface area contributed by atoms with E-state index in [0.717, 1.165) is 0 Å². The monoisotopic (exact) mass is 443 g/mol. The number of carbonyl (C=O) groups excluding carboxylic acids is 1. The molecule has 0 spiro atoms. The van der Waals surface area contributed by atoms with Gasteiger partial charge in [0, 0.05) is 11.6 Å². The predicted octanol–water partition coefficient (Wildman–Crippen LogP) is 3.07. The highest BCUT2D eigenvalue weighted by molar-refractivity contribution is 7.91. The predicted molar refractivity (Wildman–Crippen MR) is 112 cm³/mol. The number of nitrogens with one attached hydrogen (secondary N) is 1. The molecule has 1 fully saturated rings. The molecule has 1 atom stereocenters. The third-order valence-corrected chi connectivity index (χ3v) is 7.51. The highest BCUT2D eigenvalue weighted by Crippen LogP contribution is 2.32. The molecule has 1 aliphatic heterocycles. The second kappa shape index (κ2) is 7.03. The number of carbonyl (C=O) groups is 1. The molecule has 5 heterocycles. The molecule has 154 valence electrons. The average molecular weight is 444 g/mol. The smallest absolute Gasteiger partial charge is 0.278 e. The highest BCUT2D eigenvalue weighted by atomic mass is 32.2. The van der Waals surface area contributed by atoms with Crippen LogP contribution < -0.4 is 5.32 Å². The summed E-state index contributed by atoms with van der Waals surface area (Å²) in [6, 6.07) is 5.05. The van der Waals surface area contributed by atoms with Crippen molar-refractivity contribution in [2.45, 2.75) is 19.4 Å². The fourth-order valence-electron chi connectivity index (χ4n) is 3.80. The lowest BCUT2D eigenvalue weighted by Crippen LogP contribution is -2.15. The Bertz CT molecular complexity index is 1340. The third-order valence-electron chi connectivity index (χ3n) is 5.07. The van der Waals surface area contributed by atoms with Crippen LogP contribution in [0.5, 0.6) is 0 Å². The first-order valence-electron chi connectivity index (χ1n) is 9.26. The van der Waals surface area contributed by atoms with E-state index in [-0.39, 0.29) is 23.2 Å². The van der Waals surface area contributed by atoms with Gasteiger partial charge in [0.1, 0.15) is 17.0 Å². The summed E-state index contributed by atoms with van der Waals surface area (Å²) in [6.07, 6.45) is 3.64. The second-order valence-electron chi connectivity index (χ2n) is 7.08. The first-order valence-corrected chi connectivity index (χ1v) is 12.0. The Morgan fingerprint density at radius 1 is 1.37 bits per heavy atom. The summed E-state index contributed by atoms with van der Waals surface area (Å²) in [5.41, 5.74) is 1.68. The van der Waals surface area contributed by atoms with Gasteiger partial charge in [0.2, 0.25) is 0 Å². The molecule has 0 bridgehead atoms. The van der Waals surface area contributed by atoms with Crippen LogP contribution in [-0.4, -0.2) is 45.3 Å². The van der Waals surface area contributed by atoms with Gasteiger partial charge in [0.25, 0.3) is 5.91 Å². The molecule has 5 rings (SSSR count). The summed E-state index contributed by atoms with van der Waals surface area (Å²) in [5, 5.41) is 4.96. The van der Waals surface area contributed by atoms with Gasteiger partial charge in [-0.05, 0) is 31.5 Å². The van der Waals surface area contributed by atoms with Crippen LogP contribution in [-0.2, 0) is 9.84 Å². The number of thiazole rings is 1. The summed E-state index contributed by atoms with van der Waals surface area (Å²) in [6.45, 7) is 1.81. The zero-order valence-corrected chi connectivity index (χ0v) is 17.5. The number of hydrogen-bond donors (Lipinski definition) is 1. The Morgan fingerprint density at radius 2 is 2.23 bits per heavy atom. The maximum absolute atomic E-state index is 13.0. The van der Waals surface area contributed by atoms with E-state index in [1.807, 2.05) is 4.57 Å². The summed E-state index contributed by atoms with van der Waals surface area (Å²) in [5.74, 6) is 0.897. The Morgan fingerprint density at radius 3 is 2.90 bits per heavy atom. The molecule has 0 aliphatic carbocycles. The molecular weight excluding hydrogens is 426 g/mol. The zero-order valence-electron chi connectivity index (χ0n) is 15.9. The molecule has 11 heteroatoms. The van der Waals surface area contributed by atoms with Crippen LogP contribution in [0.15, 0.2) is 40.5 Å². The minimum absolute atomic E-state index is 0.0539. The number of fused-ring (bicyclic) bond motifs is 1. The lowest BCUT2D eigenvalue weighted by Gasteiger charge is -2.14. The molecule has 9 nitrogen and oxygen atoms in total. The number of rotatable bonds is 4. The maximum atomic E-state index is 13.0. The summed E-state index contributed by atoms with van der Waals surface area (Å²) < 4.78 is 31.5. The molecule has 1 aliphatic rings. The van der Waals surface area contributed by atoms with Gasteiger partial charge in [0.05, 0.1) is 29.3 Å². The number of sulfone groups is 1. The Labute approximate surface area is 175 Å². The van der Waals surface area contributed by atoms with Crippen molar-refractivity contribution in [2.75, 3.05) is 16.8 Å². The van der Waals surface area contributed by atoms with E-state index >= 15 is 0 Å². The molecule has 1 N–H and O–H groups in total. The van der Waals surface area contributed by atoms with Crippen LogP contribution in [0.4, 0.5) is 5.13 Å². The lowest BCUT2D eigenvalue weighted by atomic mass is 10.2. The fraction of sp³-hybridized carbons (Fsp3) is 0.263. The molecule has 4 aromatic rings. The SMILES string of the molecule is Cc1nc2c(C(=O)Nc3nccs3)nc(-c3ccco3)cc2n1C1CCS(=O)(=O)C1. The van der Waals surface area contributed by atoms with E-state index in [2.05, 4.69) is 20.3 Å². The zero-order chi connectivity index (χ0) is 20.9. The van der Waals surface area contributed by atoms with Crippen LogP contribution >= 0.6 is 11.3 Å². The van der Waals surface area contributed by atoms with Gasteiger partial charge in [-0.25, -0.2) is 23.4 Å². The number of aryl methyl sites for hydroxylation is 1. The van der Waals surface area contributed by atoms with Crippen LogP contribution in [0.3, 0.4) is 0 Å². The third kappa shape index (κ3) is 3.29. The summed E-state index contributed by atoms with van der Waals surface area (Å²) in [4.78, 5) is 26.2. The Kier molecular flexibility index (Phi) is 4.44. The molecule has 1 unspecified atom stereocenters. The molecule has 0 saturated carbocycles.